The summed E-state index contributed by atoms with van der Waals surface area (Å²) in [6.45, 7) is 3.06. The molecule has 0 saturated carbocycles. The number of sulfonamides is 1. The number of ether oxygens (including phenoxy) is 2. The van der Waals surface area contributed by atoms with Gasteiger partial charge in [0.1, 0.15) is 0 Å². The average molecular weight is 384 g/mol. The van der Waals surface area contributed by atoms with Gasteiger partial charge in [-0.1, -0.05) is 18.6 Å². The summed E-state index contributed by atoms with van der Waals surface area (Å²) in [5.41, 5.74) is 0.778. The van der Waals surface area contributed by atoms with E-state index < -0.39 is 10.0 Å². The quantitative estimate of drug-likeness (QED) is 0.613. The van der Waals surface area contributed by atoms with E-state index in [0.717, 1.165) is 24.8 Å². The number of nitrogens with zero attached hydrogens (tertiary/aromatic N) is 1. The normalized spacial score (nSPS) is 15.7. The zero-order valence-electron chi connectivity index (χ0n) is 15.3. The average Bonchev–Trinajstić information content (AvgIpc) is 2.66. The van der Waals surface area contributed by atoms with Crippen molar-refractivity contribution in [2.75, 3.05) is 46.6 Å². The highest BCUT2D eigenvalue weighted by Crippen LogP contribution is 2.20. The van der Waals surface area contributed by atoms with Crippen LogP contribution < -0.4 is 5.32 Å². The lowest BCUT2D eigenvalue weighted by Crippen LogP contribution is -2.35. The van der Waals surface area contributed by atoms with Crippen LogP contribution in [0.4, 0.5) is 0 Å². The first-order valence-corrected chi connectivity index (χ1v) is 10.4. The van der Waals surface area contributed by atoms with Gasteiger partial charge >= 0.3 is 0 Å². The molecular formula is C18H28N2O5S. The highest BCUT2D eigenvalue weighted by Gasteiger charge is 2.25. The standard InChI is InChI=1S/C18H28N2O5S/c1-24-13-14-25-12-9-19-18(21)15-16-5-7-17(8-6-16)26(22,23)20-10-3-2-4-11-20/h5-8H,2-4,9-15H2,1H3,(H,19,21). The van der Waals surface area contributed by atoms with Gasteiger partial charge < -0.3 is 14.8 Å². The Labute approximate surface area is 155 Å². The molecule has 0 radical (unpaired) electrons. The molecule has 1 fully saturated rings. The number of carbonyl (C=O) groups is 1. The number of nitrogens with one attached hydrogen (secondary N) is 1. The fraction of sp³-hybridized carbons (Fsp3) is 0.611. The van der Waals surface area contributed by atoms with Gasteiger partial charge in [-0.25, -0.2) is 8.42 Å². The monoisotopic (exact) mass is 384 g/mol. The van der Waals surface area contributed by atoms with Gasteiger partial charge in [-0.3, -0.25) is 4.79 Å². The predicted octanol–water partition coefficient (Wildman–Crippen LogP) is 1.18. The van der Waals surface area contributed by atoms with Gasteiger partial charge in [0.15, 0.2) is 0 Å². The Balaban J connectivity index is 1.80. The van der Waals surface area contributed by atoms with Crippen LogP contribution in [0.15, 0.2) is 29.2 Å². The number of piperidine rings is 1. The Morgan fingerprint density at radius 2 is 1.77 bits per heavy atom. The SMILES string of the molecule is COCCOCCNC(=O)Cc1ccc(S(=O)(=O)N2CCCCC2)cc1. The van der Waals surface area contributed by atoms with Crippen molar-refractivity contribution >= 4 is 15.9 Å². The van der Waals surface area contributed by atoms with Crippen molar-refractivity contribution in [2.45, 2.75) is 30.6 Å². The van der Waals surface area contributed by atoms with Crippen LogP contribution >= 0.6 is 0 Å². The molecule has 2 rings (SSSR count). The van der Waals surface area contributed by atoms with Crippen LogP contribution in [0.25, 0.3) is 0 Å². The minimum absolute atomic E-state index is 0.119. The van der Waals surface area contributed by atoms with Crippen LogP contribution in [0, 0.1) is 0 Å². The van der Waals surface area contributed by atoms with Crippen LogP contribution in [-0.2, 0) is 30.7 Å². The number of methoxy groups -OCH3 is 1. The maximum absolute atomic E-state index is 12.6. The summed E-state index contributed by atoms with van der Waals surface area (Å²) in [5.74, 6) is -0.119. The third-order valence-electron chi connectivity index (χ3n) is 4.24. The molecule has 8 heteroatoms. The lowest BCUT2D eigenvalue weighted by Gasteiger charge is -2.25. The highest BCUT2D eigenvalue weighted by atomic mass is 32.2. The molecule has 1 aliphatic heterocycles. The molecule has 0 aromatic heterocycles. The van der Waals surface area contributed by atoms with Crippen molar-refractivity contribution in [3.05, 3.63) is 29.8 Å². The van der Waals surface area contributed by atoms with Crippen molar-refractivity contribution in [1.29, 1.82) is 0 Å². The summed E-state index contributed by atoms with van der Waals surface area (Å²) in [7, 11) is -1.82. The fourth-order valence-electron chi connectivity index (χ4n) is 2.79. The van der Waals surface area contributed by atoms with E-state index >= 15 is 0 Å². The Morgan fingerprint density at radius 1 is 1.08 bits per heavy atom. The van der Waals surface area contributed by atoms with E-state index in [9.17, 15) is 13.2 Å². The molecule has 1 saturated heterocycles. The zero-order valence-corrected chi connectivity index (χ0v) is 16.1. The highest BCUT2D eigenvalue weighted by molar-refractivity contribution is 7.89. The summed E-state index contributed by atoms with van der Waals surface area (Å²) in [4.78, 5) is 12.2. The smallest absolute Gasteiger partial charge is 0.243 e. The largest absolute Gasteiger partial charge is 0.382 e. The van der Waals surface area contributed by atoms with Crippen LogP contribution in [0.2, 0.25) is 0 Å². The van der Waals surface area contributed by atoms with Gasteiger partial charge in [-0.2, -0.15) is 4.31 Å². The van der Waals surface area contributed by atoms with Crippen molar-refractivity contribution < 1.29 is 22.7 Å². The molecule has 1 aromatic carbocycles. The first-order chi connectivity index (χ1) is 12.5. The van der Waals surface area contributed by atoms with Gasteiger partial charge in [-0.15, -0.1) is 0 Å². The molecule has 1 aromatic rings. The Morgan fingerprint density at radius 3 is 2.42 bits per heavy atom. The minimum Gasteiger partial charge on any atom is -0.382 e. The molecule has 0 aliphatic carbocycles. The Bertz CT molecular complexity index is 655. The molecule has 0 atom stereocenters. The summed E-state index contributed by atoms with van der Waals surface area (Å²) >= 11 is 0. The number of carbonyl (C=O) groups excluding carboxylic acids is 1. The Hall–Kier alpha value is -1.48. The second-order valence-corrected chi connectivity index (χ2v) is 8.18. The van der Waals surface area contributed by atoms with Crippen molar-refractivity contribution in [1.82, 2.24) is 9.62 Å². The number of hydrogen-bond donors (Lipinski definition) is 1. The number of rotatable bonds is 10. The first kappa shape index (κ1) is 20.8. The lowest BCUT2D eigenvalue weighted by molar-refractivity contribution is -0.120. The third kappa shape index (κ3) is 6.35. The molecule has 0 bridgehead atoms. The molecule has 0 spiro atoms. The molecule has 146 valence electrons. The molecule has 7 nitrogen and oxygen atoms in total. The number of benzene rings is 1. The summed E-state index contributed by atoms with van der Waals surface area (Å²) in [6.07, 6.45) is 3.11. The maximum atomic E-state index is 12.6. The Kier molecular flexibility index (Phi) is 8.50. The van der Waals surface area contributed by atoms with Crippen molar-refractivity contribution in [2.24, 2.45) is 0 Å². The van der Waals surface area contributed by atoms with Gasteiger partial charge in [0, 0.05) is 26.7 Å². The van der Waals surface area contributed by atoms with Gasteiger partial charge in [0.25, 0.3) is 0 Å². The first-order valence-electron chi connectivity index (χ1n) is 8.96. The zero-order chi connectivity index (χ0) is 18.8. The van der Waals surface area contributed by atoms with Crippen molar-refractivity contribution in [3.63, 3.8) is 0 Å². The third-order valence-corrected chi connectivity index (χ3v) is 6.15. The second kappa shape index (κ2) is 10.6. The van der Waals surface area contributed by atoms with E-state index in [1.165, 1.54) is 0 Å². The molecule has 26 heavy (non-hydrogen) atoms. The van der Waals surface area contributed by atoms with E-state index in [1.807, 2.05) is 0 Å². The van der Waals surface area contributed by atoms with E-state index in [2.05, 4.69) is 5.32 Å². The van der Waals surface area contributed by atoms with E-state index in [-0.39, 0.29) is 17.2 Å². The van der Waals surface area contributed by atoms with E-state index in [1.54, 1.807) is 35.7 Å². The van der Waals surface area contributed by atoms with Crippen molar-refractivity contribution in [3.8, 4) is 0 Å². The molecule has 0 unspecified atom stereocenters. The van der Waals surface area contributed by atoms with E-state index in [0.29, 0.717) is 39.5 Å². The van der Waals surface area contributed by atoms with E-state index in [4.69, 9.17) is 9.47 Å². The van der Waals surface area contributed by atoms with Gasteiger partial charge in [-0.05, 0) is 30.5 Å². The maximum Gasteiger partial charge on any atom is 0.243 e. The molecule has 1 heterocycles. The molecule has 1 amide bonds. The second-order valence-electron chi connectivity index (χ2n) is 6.24. The van der Waals surface area contributed by atoms with Crippen LogP contribution in [0.5, 0.6) is 0 Å². The summed E-state index contributed by atoms with van der Waals surface area (Å²) in [5, 5.41) is 2.77. The van der Waals surface area contributed by atoms with Crippen LogP contribution in [-0.4, -0.2) is 65.2 Å². The summed E-state index contributed by atoms with van der Waals surface area (Å²) in [6, 6.07) is 6.57. The molecular weight excluding hydrogens is 356 g/mol. The van der Waals surface area contributed by atoms with Crippen LogP contribution in [0.3, 0.4) is 0 Å². The molecule has 1 N–H and O–H groups in total. The number of amides is 1. The topological polar surface area (TPSA) is 84.9 Å². The molecule has 1 aliphatic rings. The number of hydrogen-bond acceptors (Lipinski definition) is 5. The predicted molar refractivity (Wildman–Crippen MR) is 98.5 cm³/mol. The fourth-order valence-corrected chi connectivity index (χ4v) is 4.31. The summed E-state index contributed by atoms with van der Waals surface area (Å²) < 4.78 is 36.9. The lowest BCUT2D eigenvalue weighted by atomic mass is 10.1. The van der Waals surface area contributed by atoms with Crippen LogP contribution in [0.1, 0.15) is 24.8 Å². The minimum atomic E-state index is -3.43. The van der Waals surface area contributed by atoms with Gasteiger partial charge in [0.05, 0.1) is 31.1 Å². The van der Waals surface area contributed by atoms with Gasteiger partial charge in [0.2, 0.25) is 15.9 Å².